The van der Waals surface area contributed by atoms with Gasteiger partial charge in [-0.15, -0.1) is 0 Å². The van der Waals surface area contributed by atoms with Crippen molar-refractivity contribution in [2.45, 2.75) is 26.4 Å². The first kappa shape index (κ1) is 14.8. The Morgan fingerprint density at radius 3 is 2.47 bits per heavy atom. The Hall–Kier alpha value is -0.580. The van der Waals surface area contributed by atoms with E-state index >= 15 is 0 Å². The lowest BCUT2D eigenvalue weighted by molar-refractivity contribution is 0.199. The standard InChI is InChI=1S/C15H23BrN2O/c1-3-6-17-7-9-18(10-8-17)15-5-4-13(12(2)19)11-14(15)16/h4-5,11-12,19H,3,6-10H2,1-2H3. The summed E-state index contributed by atoms with van der Waals surface area (Å²) in [6.45, 7) is 9.66. The van der Waals surface area contributed by atoms with Gasteiger partial charge >= 0.3 is 0 Å². The SMILES string of the molecule is CCCN1CCN(c2ccc(C(C)O)cc2Br)CC1. The number of aliphatic hydroxyl groups is 1. The normalized spacial score (nSPS) is 18.6. The Morgan fingerprint density at radius 1 is 1.26 bits per heavy atom. The summed E-state index contributed by atoms with van der Waals surface area (Å²) in [7, 11) is 0. The molecule has 4 heteroatoms. The molecule has 0 spiro atoms. The van der Waals surface area contributed by atoms with Crippen LogP contribution in [-0.2, 0) is 0 Å². The van der Waals surface area contributed by atoms with Gasteiger partial charge in [-0.25, -0.2) is 0 Å². The second-order valence-electron chi connectivity index (χ2n) is 5.22. The zero-order valence-electron chi connectivity index (χ0n) is 11.8. The van der Waals surface area contributed by atoms with E-state index in [1.54, 1.807) is 6.92 Å². The summed E-state index contributed by atoms with van der Waals surface area (Å²) < 4.78 is 1.08. The van der Waals surface area contributed by atoms with Crippen molar-refractivity contribution in [2.24, 2.45) is 0 Å². The third-order valence-electron chi connectivity index (χ3n) is 3.71. The van der Waals surface area contributed by atoms with Crippen LogP contribution in [0.1, 0.15) is 31.9 Å². The molecule has 1 N–H and O–H groups in total. The number of anilines is 1. The Bertz CT molecular complexity index is 415. The van der Waals surface area contributed by atoms with Crippen LogP contribution < -0.4 is 4.90 Å². The average molecular weight is 327 g/mol. The highest BCUT2D eigenvalue weighted by Crippen LogP contribution is 2.30. The van der Waals surface area contributed by atoms with Crippen molar-refractivity contribution < 1.29 is 5.11 Å². The van der Waals surface area contributed by atoms with Crippen LogP contribution in [0.25, 0.3) is 0 Å². The van der Waals surface area contributed by atoms with Crippen LogP contribution in [0.2, 0.25) is 0 Å². The van der Waals surface area contributed by atoms with Crippen LogP contribution in [0.15, 0.2) is 22.7 Å². The van der Waals surface area contributed by atoms with E-state index in [2.05, 4.69) is 38.7 Å². The lowest BCUT2D eigenvalue weighted by Crippen LogP contribution is -2.46. The molecule has 1 aromatic carbocycles. The fraction of sp³-hybridized carbons (Fsp3) is 0.600. The lowest BCUT2D eigenvalue weighted by Gasteiger charge is -2.36. The van der Waals surface area contributed by atoms with Crippen molar-refractivity contribution in [1.82, 2.24) is 4.90 Å². The third-order valence-corrected chi connectivity index (χ3v) is 4.34. The van der Waals surface area contributed by atoms with Crippen LogP contribution in [0.3, 0.4) is 0 Å². The number of halogens is 1. The lowest BCUT2D eigenvalue weighted by atomic mass is 10.1. The molecule has 0 aliphatic carbocycles. The Labute approximate surface area is 124 Å². The molecule has 0 bridgehead atoms. The summed E-state index contributed by atoms with van der Waals surface area (Å²) in [4.78, 5) is 4.94. The maximum Gasteiger partial charge on any atom is 0.0762 e. The fourth-order valence-electron chi connectivity index (χ4n) is 2.57. The van der Waals surface area contributed by atoms with Crippen molar-refractivity contribution in [3.63, 3.8) is 0 Å². The third kappa shape index (κ3) is 3.71. The summed E-state index contributed by atoms with van der Waals surface area (Å²) in [5, 5.41) is 9.60. The number of hydrogen-bond acceptors (Lipinski definition) is 3. The van der Waals surface area contributed by atoms with Crippen LogP contribution in [-0.4, -0.2) is 42.7 Å². The van der Waals surface area contributed by atoms with Crippen molar-refractivity contribution >= 4 is 21.6 Å². The molecule has 19 heavy (non-hydrogen) atoms. The van der Waals surface area contributed by atoms with Crippen molar-refractivity contribution in [3.8, 4) is 0 Å². The van der Waals surface area contributed by atoms with Gasteiger partial charge in [0, 0.05) is 30.7 Å². The highest BCUT2D eigenvalue weighted by atomic mass is 79.9. The number of hydrogen-bond donors (Lipinski definition) is 1. The molecule has 1 aliphatic heterocycles. The molecule has 1 heterocycles. The molecule has 1 atom stereocenters. The van der Waals surface area contributed by atoms with E-state index in [1.165, 1.54) is 18.7 Å². The van der Waals surface area contributed by atoms with E-state index in [0.29, 0.717) is 0 Å². The van der Waals surface area contributed by atoms with Crippen LogP contribution in [0, 0.1) is 0 Å². The second-order valence-corrected chi connectivity index (χ2v) is 6.07. The van der Waals surface area contributed by atoms with Gasteiger partial charge in [0.15, 0.2) is 0 Å². The average Bonchev–Trinajstić information content (AvgIpc) is 2.40. The number of aliphatic hydroxyl groups excluding tert-OH is 1. The molecule has 1 saturated heterocycles. The van der Waals surface area contributed by atoms with Crippen LogP contribution >= 0.6 is 15.9 Å². The van der Waals surface area contributed by atoms with Crippen molar-refractivity contribution in [2.75, 3.05) is 37.6 Å². The molecule has 1 fully saturated rings. The number of rotatable bonds is 4. The minimum Gasteiger partial charge on any atom is -0.389 e. The second kappa shape index (κ2) is 6.73. The highest BCUT2D eigenvalue weighted by molar-refractivity contribution is 9.10. The molecule has 0 aromatic heterocycles. The van der Waals surface area contributed by atoms with E-state index in [9.17, 15) is 5.11 Å². The van der Waals surface area contributed by atoms with Gasteiger partial charge in [-0.1, -0.05) is 13.0 Å². The summed E-state index contributed by atoms with van der Waals surface area (Å²) in [5.74, 6) is 0. The molecule has 1 aliphatic rings. The fourth-order valence-corrected chi connectivity index (χ4v) is 3.22. The smallest absolute Gasteiger partial charge is 0.0762 e. The number of nitrogens with zero attached hydrogens (tertiary/aromatic N) is 2. The van der Waals surface area contributed by atoms with E-state index < -0.39 is 6.10 Å². The molecule has 106 valence electrons. The summed E-state index contributed by atoms with van der Waals surface area (Å²) >= 11 is 3.63. The largest absolute Gasteiger partial charge is 0.389 e. The van der Waals surface area contributed by atoms with Crippen LogP contribution in [0.4, 0.5) is 5.69 Å². The number of piperazine rings is 1. The molecule has 0 amide bonds. The van der Waals surface area contributed by atoms with Gasteiger partial charge in [-0.3, -0.25) is 4.90 Å². The highest BCUT2D eigenvalue weighted by Gasteiger charge is 2.18. The first-order valence-corrected chi connectivity index (χ1v) is 7.86. The first-order chi connectivity index (χ1) is 9.11. The summed E-state index contributed by atoms with van der Waals surface area (Å²) in [6.07, 6.45) is 0.819. The molecule has 1 aromatic rings. The molecule has 3 nitrogen and oxygen atoms in total. The predicted molar refractivity (Wildman–Crippen MR) is 83.7 cm³/mol. The topological polar surface area (TPSA) is 26.7 Å². The predicted octanol–water partition coefficient (Wildman–Crippen LogP) is 3.03. The molecule has 0 radical (unpaired) electrons. The van der Waals surface area contributed by atoms with Crippen molar-refractivity contribution in [3.05, 3.63) is 28.2 Å². The van der Waals surface area contributed by atoms with Gasteiger partial charge in [-0.2, -0.15) is 0 Å². The Kier molecular flexibility index (Phi) is 5.25. The summed E-state index contributed by atoms with van der Waals surface area (Å²) in [5.41, 5.74) is 2.20. The van der Waals surface area contributed by atoms with Gasteiger partial charge in [-0.05, 0) is 53.5 Å². The Morgan fingerprint density at radius 2 is 1.95 bits per heavy atom. The van der Waals surface area contributed by atoms with Gasteiger partial charge in [0.2, 0.25) is 0 Å². The molecular formula is C15H23BrN2O. The maximum absolute atomic E-state index is 9.60. The zero-order valence-corrected chi connectivity index (χ0v) is 13.4. The van der Waals surface area contributed by atoms with E-state index in [1.807, 2.05) is 12.1 Å². The van der Waals surface area contributed by atoms with Gasteiger partial charge in [0.1, 0.15) is 0 Å². The minimum atomic E-state index is -0.410. The molecule has 0 saturated carbocycles. The van der Waals surface area contributed by atoms with Crippen molar-refractivity contribution in [1.29, 1.82) is 0 Å². The Balaban J connectivity index is 2.03. The van der Waals surface area contributed by atoms with Gasteiger partial charge in [0.05, 0.1) is 11.8 Å². The molecule has 2 rings (SSSR count). The summed E-state index contributed by atoms with van der Waals surface area (Å²) in [6, 6.07) is 6.16. The van der Waals surface area contributed by atoms with E-state index in [-0.39, 0.29) is 0 Å². The first-order valence-electron chi connectivity index (χ1n) is 7.06. The van der Waals surface area contributed by atoms with Gasteiger partial charge < -0.3 is 10.0 Å². The van der Waals surface area contributed by atoms with E-state index in [4.69, 9.17) is 0 Å². The number of benzene rings is 1. The zero-order chi connectivity index (χ0) is 13.8. The monoisotopic (exact) mass is 326 g/mol. The van der Waals surface area contributed by atoms with Gasteiger partial charge in [0.25, 0.3) is 0 Å². The quantitative estimate of drug-likeness (QED) is 0.921. The van der Waals surface area contributed by atoms with E-state index in [0.717, 1.165) is 36.2 Å². The molecular weight excluding hydrogens is 304 g/mol. The van der Waals surface area contributed by atoms with Crippen LogP contribution in [0.5, 0.6) is 0 Å². The maximum atomic E-state index is 9.60. The minimum absolute atomic E-state index is 0.410. The molecule has 1 unspecified atom stereocenters.